The number of furan rings is 1. The zero-order chi connectivity index (χ0) is 13.1. The van der Waals surface area contributed by atoms with Gasteiger partial charge in [-0.2, -0.15) is 0 Å². The molecule has 6 nitrogen and oxygen atoms in total. The third-order valence-electron chi connectivity index (χ3n) is 2.37. The van der Waals surface area contributed by atoms with E-state index in [9.17, 15) is 9.59 Å². The van der Waals surface area contributed by atoms with Crippen LogP contribution in [0, 0.1) is 6.92 Å². The molecule has 2 N–H and O–H groups in total. The normalized spacial score (nSPS) is 10.1. The molecule has 0 radical (unpaired) electrons. The number of aryl methyl sites for hydroxylation is 1. The van der Waals surface area contributed by atoms with E-state index in [0.29, 0.717) is 11.3 Å². The number of hydrogen-bond acceptors (Lipinski definition) is 4. The lowest BCUT2D eigenvalue weighted by atomic mass is 10.2. The van der Waals surface area contributed by atoms with Gasteiger partial charge in [0.1, 0.15) is 17.1 Å². The molecule has 1 amide bonds. The van der Waals surface area contributed by atoms with Crippen molar-refractivity contribution >= 4 is 17.7 Å². The molecular weight excluding hydrogens is 236 g/mol. The predicted molar refractivity (Wildman–Crippen MR) is 62.6 cm³/mol. The molecule has 2 aromatic rings. The van der Waals surface area contributed by atoms with Crippen molar-refractivity contribution in [3.63, 3.8) is 0 Å². The fourth-order valence-corrected chi connectivity index (χ4v) is 1.47. The Morgan fingerprint density at radius 2 is 2.11 bits per heavy atom. The summed E-state index contributed by atoms with van der Waals surface area (Å²) in [5, 5.41) is 11.4. The summed E-state index contributed by atoms with van der Waals surface area (Å²) in [5.74, 6) is -1.14. The molecule has 0 aromatic carbocycles. The number of carbonyl (C=O) groups excluding carboxylic acids is 1. The van der Waals surface area contributed by atoms with Crippen molar-refractivity contribution in [3.8, 4) is 0 Å². The fraction of sp³-hybridized carbons (Fsp3) is 0.0833. The van der Waals surface area contributed by atoms with Gasteiger partial charge in [0.2, 0.25) is 0 Å². The number of carboxylic acids is 1. The number of anilines is 1. The van der Waals surface area contributed by atoms with Crippen molar-refractivity contribution in [2.75, 3.05) is 5.32 Å². The van der Waals surface area contributed by atoms with Gasteiger partial charge in [-0.05, 0) is 25.1 Å². The maximum atomic E-state index is 11.9. The molecule has 18 heavy (non-hydrogen) atoms. The van der Waals surface area contributed by atoms with Gasteiger partial charge >= 0.3 is 5.97 Å². The largest absolute Gasteiger partial charge is 0.478 e. The Labute approximate surface area is 102 Å². The highest BCUT2D eigenvalue weighted by Crippen LogP contribution is 2.15. The third-order valence-corrected chi connectivity index (χ3v) is 2.37. The second-order valence-corrected chi connectivity index (χ2v) is 3.55. The minimum atomic E-state index is -1.15. The summed E-state index contributed by atoms with van der Waals surface area (Å²) < 4.78 is 5.00. The van der Waals surface area contributed by atoms with E-state index in [1.54, 1.807) is 6.92 Å². The van der Waals surface area contributed by atoms with Crippen LogP contribution in [0.2, 0.25) is 0 Å². The average molecular weight is 246 g/mol. The molecule has 0 fully saturated rings. The lowest BCUT2D eigenvalue weighted by Gasteiger charge is -2.06. The number of aromatic carboxylic acids is 1. The molecule has 0 aliphatic heterocycles. The molecule has 0 aliphatic rings. The summed E-state index contributed by atoms with van der Waals surface area (Å²) in [6.45, 7) is 1.64. The minimum absolute atomic E-state index is 0.00981. The molecule has 92 valence electrons. The summed E-state index contributed by atoms with van der Waals surface area (Å²) in [5.41, 5.74) is 0.281. The molecule has 0 atom stereocenters. The van der Waals surface area contributed by atoms with E-state index in [4.69, 9.17) is 9.52 Å². The van der Waals surface area contributed by atoms with Crippen LogP contribution in [0.1, 0.15) is 26.5 Å². The van der Waals surface area contributed by atoms with E-state index in [0.717, 1.165) is 0 Å². The van der Waals surface area contributed by atoms with Gasteiger partial charge in [0.25, 0.3) is 5.91 Å². The second-order valence-electron chi connectivity index (χ2n) is 3.55. The molecular formula is C12H10N2O4. The summed E-state index contributed by atoms with van der Waals surface area (Å²) in [4.78, 5) is 26.6. The van der Waals surface area contributed by atoms with Gasteiger partial charge < -0.3 is 14.8 Å². The average Bonchev–Trinajstić information content (AvgIpc) is 2.76. The number of carboxylic acid groups (broad SMARTS) is 1. The highest BCUT2D eigenvalue weighted by atomic mass is 16.4. The number of amides is 1. The quantitative estimate of drug-likeness (QED) is 0.863. The van der Waals surface area contributed by atoms with Gasteiger partial charge in [0.15, 0.2) is 0 Å². The molecule has 0 spiro atoms. The van der Waals surface area contributed by atoms with E-state index in [-0.39, 0.29) is 11.4 Å². The first-order valence-electron chi connectivity index (χ1n) is 5.13. The smallest absolute Gasteiger partial charge is 0.339 e. The third kappa shape index (κ3) is 2.22. The van der Waals surface area contributed by atoms with Gasteiger partial charge in [-0.15, -0.1) is 0 Å². The van der Waals surface area contributed by atoms with Crippen LogP contribution in [-0.4, -0.2) is 22.0 Å². The Balaban J connectivity index is 2.28. The predicted octanol–water partition coefficient (Wildman–Crippen LogP) is 1.93. The molecule has 0 bridgehead atoms. The highest BCUT2D eigenvalue weighted by Gasteiger charge is 2.16. The number of pyridine rings is 1. The molecule has 6 heteroatoms. The van der Waals surface area contributed by atoms with Crippen LogP contribution in [0.25, 0.3) is 0 Å². The van der Waals surface area contributed by atoms with Crippen molar-refractivity contribution in [1.82, 2.24) is 4.98 Å². The zero-order valence-corrected chi connectivity index (χ0v) is 9.51. The van der Waals surface area contributed by atoms with Crippen molar-refractivity contribution < 1.29 is 19.1 Å². The molecule has 0 saturated carbocycles. The van der Waals surface area contributed by atoms with Crippen molar-refractivity contribution in [2.45, 2.75) is 6.92 Å². The number of aromatic nitrogens is 1. The van der Waals surface area contributed by atoms with E-state index >= 15 is 0 Å². The van der Waals surface area contributed by atoms with Crippen molar-refractivity contribution in [2.24, 2.45) is 0 Å². The van der Waals surface area contributed by atoms with Gasteiger partial charge in [0.05, 0.1) is 11.8 Å². The second kappa shape index (κ2) is 4.70. The summed E-state index contributed by atoms with van der Waals surface area (Å²) >= 11 is 0. The maximum absolute atomic E-state index is 11.9. The number of nitrogens with one attached hydrogen (secondary N) is 1. The zero-order valence-electron chi connectivity index (χ0n) is 9.51. The molecule has 2 heterocycles. The summed E-state index contributed by atoms with van der Waals surface area (Å²) in [6, 6.07) is 4.36. The van der Waals surface area contributed by atoms with Crippen LogP contribution >= 0.6 is 0 Å². The molecule has 0 aliphatic carbocycles. The van der Waals surface area contributed by atoms with E-state index in [1.165, 1.54) is 30.7 Å². The number of carbonyl (C=O) groups is 2. The molecule has 2 rings (SSSR count). The Morgan fingerprint density at radius 1 is 1.33 bits per heavy atom. The monoisotopic (exact) mass is 246 g/mol. The van der Waals surface area contributed by atoms with Gasteiger partial charge in [-0.3, -0.25) is 4.79 Å². The number of rotatable bonds is 3. The SMILES string of the molecule is Cc1occc1C(=O)Nc1ncccc1C(=O)O. The Morgan fingerprint density at radius 3 is 2.72 bits per heavy atom. The van der Waals surface area contributed by atoms with Crippen LogP contribution in [0.15, 0.2) is 35.1 Å². The first-order chi connectivity index (χ1) is 8.59. The fourth-order valence-electron chi connectivity index (χ4n) is 1.47. The van der Waals surface area contributed by atoms with Gasteiger partial charge in [-0.1, -0.05) is 0 Å². The standard InChI is InChI=1S/C12H10N2O4/c1-7-8(4-6-18-7)11(15)14-10-9(12(16)17)3-2-5-13-10/h2-6H,1H3,(H,16,17)(H,13,14,15). The van der Waals surface area contributed by atoms with Gasteiger partial charge in [-0.25, -0.2) is 9.78 Å². The Hall–Kier alpha value is -2.63. The minimum Gasteiger partial charge on any atom is -0.478 e. The summed E-state index contributed by atoms with van der Waals surface area (Å²) in [7, 11) is 0. The van der Waals surface area contributed by atoms with E-state index in [2.05, 4.69) is 10.3 Å². The Kier molecular flexibility index (Phi) is 3.09. The van der Waals surface area contributed by atoms with Crippen LogP contribution < -0.4 is 5.32 Å². The van der Waals surface area contributed by atoms with Gasteiger partial charge in [0, 0.05) is 6.20 Å². The lowest BCUT2D eigenvalue weighted by Crippen LogP contribution is -2.16. The molecule has 2 aromatic heterocycles. The molecule has 0 unspecified atom stereocenters. The van der Waals surface area contributed by atoms with E-state index < -0.39 is 11.9 Å². The van der Waals surface area contributed by atoms with Crippen molar-refractivity contribution in [3.05, 3.63) is 47.5 Å². The van der Waals surface area contributed by atoms with Crippen LogP contribution in [0.5, 0.6) is 0 Å². The number of nitrogens with zero attached hydrogens (tertiary/aromatic N) is 1. The first-order valence-corrected chi connectivity index (χ1v) is 5.13. The van der Waals surface area contributed by atoms with Crippen molar-refractivity contribution in [1.29, 1.82) is 0 Å². The number of hydrogen-bond donors (Lipinski definition) is 2. The highest BCUT2D eigenvalue weighted by molar-refractivity contribution is 6.07. The van der Waals surface area contributed by atoms with Crippen LogP contribution in [0.4, 0.5) is 5.82 Å². The lowest BCUT2D eigenvalue weighted by molar-refractivity contribution is 0.0697. The van der Waals surface area contributed by atoms with Crippen LogP contribution in [-0.2, 0) is 0 Å². The topological polar surface area (TPSA) is 92.4 Å². The molecule has 0 saturated heterocycles. The Bertz CT molecular complexity index is 604. The van der Waals surface area contributed by atoms with E-state index in [1.807, 2.05) is 0 Å². The first kappa shape index (κ1) is 11.8. The maximum Gasteiger partial charge on any atom is 0.339 e. The summed E-state index contributed by atoms with van der Waals surface area (Å²) in [6.07, 6.45) is 2.80. The van der Waals surface area contributed by atoms with Crippen LogP contribution in [0.3, 0.4) is 0 Å².